The second kappa shape index (κ2) is 1.96. The van der Waals surface area contributed by atoms with E-state index >= 15 is 0 Å². The molecular formula is C11H9NO. The number of furan rings is 2. The van der Waals surface area contributed by atoms with Gasteiger partial charge in [0.1, 0.15) is 5.58 Å². The van der Waals surface area contributed by atoms with E-state index in [0.29, 0.717) is 0 Å². The average molecular weight is 171 g/mol. The van der Waals surface area contributed by atoms with Crippen molar-refractivity contribution in [3.05, 3.63) is 29.8 Å². The van der Waals surface area contributed by atoms with E-state index in [0.717, 1.165) is 27.8 Å². The highest BCUT2D eigenvalue weighted by atomic mass is 16.3. The summed E-state index contributed by atoms with van der Waals surface area (Å²) in [6.07, 6.45) is 0. The Bertz CT molecular complexity index is 529. The highest BCUT2D eigenvalue weighted by Crippen LogP contribution is 2.39. The lowest BCUT2D eigenvalue weighted by Gasteiger charge is -1.96. The first-order chi connectivity index (χ1) is 6.29. The van der Waals surface area contributed by atoms with Gasteiger partial charge in [0.15, 0.2) is 5.58 Å². The molecule has 2 nitrogen and oxygen atoms in total. The van der Waals surface area contributed by atoms with Gasteiger partial charge in [-0.25, -0.2) is 0 Å². The molecule has 2 aromatic heterocycles. The largest absolute Gasteiger partial charge is 0.454 e. The maximum Gasteiger partial charge on any atom is 0.158 e. The van der Waals surface area contributed by atoms with Gasteiger partial charge in [0.2, 0.25) is 0 Å². The molecule has 2 heterocycles. The Morgan fingerprint density at radius 1 is 1.08 bits per heavy atom. The molecule has 0 aliphatic carbocycles. The van der Waals surface area contributed by atoms with Crippen LogP contribution in [0.15, 0.2) is 28.7 Å². The van der Waals surface area contributed by atoms with Crippen LogP contribution >= 0.6 is 0 Å². The van der Waals surface area contributed by atoms with Crippen LogP contribution in [-0.2, 0) is 0 Å². The summed E-state index contributed by atoms with van der Waals surface area (Å²) in [5, 5.41) is 2.30. The van der Waals surface area contributed by atoms with E-state index < -0.39 is 0 Å². The minimum absolute atomic E-state index is 0.786. The molecule has 0 saturated heterocycles. The van der Waals surface area contributed by atoms with Crippen molar-refractivity contribution in [2.75, 3.05) is 5.73 Å². The van der Waals surface area contributed by atoms with Crippen molar-refractivity contribution in [1.29, 1.82) is 0 Å². The summed E-state index contributed by atoms with van der Waals surface area (Å²) in [5.74, 6) is 0. The molecule has 3 aromatic rings. The number of benzene rings is 2. The van der Waals surface area contributed by atoms with E-state index in [1.807, 2.05) is 25.1 Å². The summed E-state index contributed by atoms with van der Waals surface area (Å²) in [7, 11) is 0. The highest BCUT2D eigenvalue weighted by Gasteiger charge is 2.16. The predicted octanol–water partition coefficient (Wildman–Crippen LogP) is 2.91. The fourth-order valence-electron chi connectivity index (χ4n) is 1.86. The van der Waals surface area contributed by atoms with Crippen molar-refractivity contribution < 1.29 is 4.42 Å². The topological polar surface area (TPSA) is 39.2 Å². The van der Waals surface area contributed by atoms with Gasteiger partial charge in [-0.2, -0.15) is 0 Å². The number of nitrogens with two attached hydrogens (primary N) is 1. The molecule has 0 spiro atoms. The molecule has 2 bridgehead atoms. The third-order valence-electron chi connectivity index (χ3n) is 2.61. The van der Waals surface area contributed by atoms with Crippen molar-refractivity contribution in [2.45, 2.75) is 6.92 Å². The Balaban J connectivity index is 2.69. The molecule has 0 radical (unpaired) electrons. The number of anilines is 1. The number of rotatable bonds is 0. The van der Waals surface area contributed by atoms with Crippen LogP contribution < -0.4 is 5.73 Å². The van der Waals surface area contributed by atoms with E-state index in [-0.39, 0.29) is 0 Å². The standard InChI is InChI=1S/C11H9NO/c1-6-9(12)11-8-5-3-2-4-7(8)10(6)13-11/h2-5H,12H2,1H3. The molecule has 13 heavy (non-hydrogen) atoms. The van der Waals surface area contributed by atoms with Crippen LogP contribution in [0.3, 0.4) is 0 Å². The lowest BCUT2D eigenvalue weighted by atomic mass is 10.1. The molecule has 0 aliphatic heterocycles. The number of hydrogen-bond donors (Lipinski definition) is 1. The van der Waals surface area contributed by atoms with Crippen molar-refractivity contribution in [3.63, 3.8) is 0 Å². The van der Waals surface area contributed by atoms with Gasteiger partial charge in [0, 0.05) is 16.3 Å². The summed E-state index contributed by atoms with van der Waals surface area (Å²) in [5.41, 5.74) is 9.49. The maximum absolute atomic E-state index is 5.88. The zero-order chi connectivity index (χ0) is 9.00. The molecule has 64 valence electrons. The minimum atomic E-state index is 0.786. The summed E-state index contributed by atoms with van der Waals surface area (Å²) in [4.78, 5) is 0. The van der Waals surface area contributed by atoms with Gasteiger partial charge in [-0.15, -0.1) is 0 Å². The van der Waals surface area contributed by atoms with E-state index in [1.165, 1.54) is 5.39 Å². The van der Waals surface area contributed by atoms with Gasteiger partial charge < -0.3 is 10.2 Å². The Kier molecular flexibility index (Phi) is 1.02. The molecule has 0 fully saturated rings. The van der Waals surface area contributed by atoms with Gasteiger partial charge in [-0.1, -0.05) is 24.3 Å². The van der Waals surface area contributed by atoms with E-state index in [9.17, 15) is 0 Å². The van der Waals surface area contributed by atoms with Crippen LogP contribution in [0.1, 0.15) is 5.56 Å². The van der Waals surface area contributed by atoms with Crippen molar-refractivity contribution in [2.24, 2.45) is 0 Å². The van der Waals surface area contributed by atoms with Gasteiger partial charge in [0.05, 0.1) is 5.69 Å². The normalized spacial score (nSPS) is 11.8. The van der Waals surface area contributed by atoms with E-state index in [2.05, 4.69) is 6.07 Å². The Morgan fingerprint density at radius 2 is 1.69 bits per heavy atom. The molecule has 3 rings (SSSR count). The second-order valence-corrected chi connectivity index (χ2v) is 3.34. The SMILES string of the molecule is Cc1c(N)c2oc1c1ccccc21. The Labute approximate surface area is 75.3 Å². The summed E-state index contributed by atoms with van der Waals surface area (Å²) < 4.78 is 5.60. The van der Waals surface area contributed by atoms with Crippen LogP contribution in [0.2, 0.25) is 0 Å². The average Bonchev–Trinajstić information content (AvgIpc) is 2.66. The first-order valence-corrected chi connectivity index (χ1v) is 4.27. The second-order valence-electron chi connectivity index (χ2n) is 3.34. The third-order valence-corrected chi connectivity index (χ3v) is 2.61. The van der Waals surface area contributed by atoms with Gasteiger partial charge >= 0.3 is 0 Å². The molecule has 2 heteroatoms. The molecule has 1 aromatic carbocycles. The van der Waals surface area contributed by atoms with Gasteiger partial charge in [-0.3, -0.25) is 0 Å². The fourth-order valence-corrected chi connectivity index (χ4v) is 1.86. The minimum Gasteiger partial charge on any atom is -0.454 e. The van der Waals surface area contributed by atoms with Crippen molar-refractivity contribution in [3.8, 4) is 0 Å². The zero-order valence-electron chi connectivity index (χ0n) is 7.29. The van der Waals surface area contributed by atoms with Crippen molar-refractivity contribution >= 4 is 27.6 Å². The Morgan fingerprint density at radius 3 is 2.38 bits per heavy atom. The van der Waals surface area contributed by atoms with E-state index in [4.69, 9.17) is 10.2 Å². The molecular weight excluding hydrogens is 162 g/mol. The summed E-state index contributed by atoms with van der Waals surface area (Å²) in [6, 6.07) is 8.11. The molecule has 0 atom stereocenters. The lowest BCUT2D eigenvalue weighted by Crippen LogP contribution is -1.86. The van der Waals surface area contributed by atoms with Crippen LogP contribution in [0, 0.1) is 6.92 Å². The van der Waals surface area contributed by atoms with Crippen molar-refractivity contribution in [1.82, 2.24) is 0 Å². The molecule has 2 N–H and O–H groups in total. The van der Waals surface area contributed by atoms with Crippen LogP contribution in [-0.4, -0.2) is 0 Å². The number of aryl methyl sites for hydroxylation is 1. The molecule has 0 aliphatic rings. The maximum atomic E-state index is 5.88. The molecule has 0 unspecified atom stereocenters. The first kappa shape index (κ1) is 6.78. The third kappa shape index (κ3) is 0.640. The fraction of sp³-hybridized carbons (Fsp3) is 0.0909. The summed E-state index contributed by atoms with van der Waals surface area (Å²) >= 11 is 0. The van der Waals surface area contributed by atoms with Gasteiger partial charge in [0.25, 0.3) is 0 Å². The first-order valence-electron chi connectivity index (χ1n) is 4.27. The van der Waals surface area contributed by atoms with Crippen LogP contribution in [0.5, 0.6) is 0 Å². The number of hydrogen-bond acceptors (Lipinski definition) is 2. The number of nitrogen functional groups attached to an aromatic ring is 1. The smallest absolute Gasteiger partial charge is 0.158 e. The van der Waals surface area contributed by atoms with Crippen LogP contribution in [0.4, 0.5) is 5.69 Å². The highest BCUT2D eigenvalue weighted by molar-refractivity contribution is 6.13. The van der Waals surface area contributed by atoms with E-state index in [1.54, 1.807) is 0 Å². The lowest BCUT2D eigenvalue weighted by molar-refractivity contribution is 0.678. The predicted molar refractivity (Wildman–Crippen MR) is 54.1 cm³/mol. The Hall–Kier alpha value is -1.70. The molecule has 0 saturated carbocycles. The van der Waals surface area contributed by atoms with Gasteiger partial charge in [-0.05, 0) is 6.92 Å². The zero-order valence-corrected chi connectivity index (χ0v) is 7.29. The monoisotopic (exact) mass is 171 g/mol. The van der Waals surface area contributed by atoms with Crippen LogP contribution in [0.25, 0.3) is 21.9 Å². The molecule has 0 amide bonds. The number of fused-ring (bicyclic) bond motifs is 5. The summed E-state index contributed by atoms with van der Waals surface area (Å²) in [6.45, 7) is 1.99. The quantitative estimate of drug-likeness (QED) is 0.528.